The molecule has 2 aromatic carbocycles. The van der Waals surface area contributed by atoms with Crippen LogP contribution in [0, 0.1) is 13.8 Å². The Morgan fingerprint density at radius 3 is 2.60 bits per heavy atom. The van der Waals surface area contributed by atoms with Crippen molar-refractivity contribution < 1.29 is 22.7 Å². The average molecular weight is 556 g/mol. The van der Waals surface area contributed by atoms with Crippen molar-refractivity contribution in [3.63, 3.8) is 0 Å². The van der Waals surface area contributed by atoms with Gasteiger partial charge in [-0.15, -0.1) is 5.53 Å². The highest BCUT2D eigenvalue weighted by Gasteiger charge is 2.31. The normalized spacial score (nSPS) is 16.1. The van der Waals surface area contributed by atoms with E-state index in [-0.39, 0.29) is 5.69 Å². The molecule has 2 aliphatic heterocycles. The number of amides is 1. The first-order valence-electron chi connectivity index (χ1n) is 13.0. The summed E-state index contributed by atoms with van der Waals surface area (Å²) < 4.78 is 48.2. The Bertz CT molecular complexity index is 1430. The number of hydrogen-bond donors (Lipinski definition) is 3. The lowest BCUT2D eigenvalue weighted by atomic mass is 10.0. The highest BCUT2D eigenvalue weighted by atomic mass is 19.4. The Morgan fingerprint density at radius 2 is 1.90 bits per heavy atom. The summed E-state index contributed by atoms with van der Waals surface area (Å²) in [4.78, 5) is 15.4. The van der Waals surface area contributed by atoms with E-state index in [1.165, 1.54) is 0 Å². The molecule has 0 atom stereocenters. The van der Waals surface area contributed by atoms with Gasteiger partial charge in [-0.05, 0) is 61.7 Å². The molecule has 0 bridgehead atoms. The lowest BCUT2D eigenvalue weighted by Crippen LogP contribution is -2.37. The van der Waals surface area contributed by atoms with Gasteiger partial charge in [0.1, 0.15) is 0 Å². The van der Waals surface area contributed by atoms with Crippen molar-refractivity contribution in [2.75, 3.05) is 43.2 Å². The van der Waals surface area contributed by atoms with Crippen LogP contribution in [0.1, 0.15) is 38.3 Å². The molecule has 0 spiro atoms. The summed E-state index contributed by atoms with van der Waals surface area (Å²) >= 11 is 0. The minimum atomic E-state index is -4.53. The van der Waals surface area contributed by atoms with Gasteiger partial charge in [-0.25, -0.2) is 0 Å². The standard InChI is InChI=1S/C28H32F3N7O2/c1-18-4-5-21(14-26(18)38-17-25(34-35-38)24-16-32-36(3)19(24)2)27(39)33-23-13-20(12-22(15-23)28(29,30)31)6-7-37-8-10-40-11-9-37/h4-5,12-17,34-35H,6-11H2,1-3H3,(H,33,39). The molecule has 1 aromatic heterocycles. The van der Waals surface area contributed by atoms with E-state index in [4.69, 9.17) is 4.74 Å². The van der Waals surface area contributed by atoms with Gasteiger partial charge in [0.2, 0.25) is 0 Å². The first-order chi connectivity index (χ1) is 19.1. The molecule has 0 radical (unpaired) electrons. The van der Waals surface area contributed by atoms with Gasteiger partial charge in [-0.3, -0.25) is 19.4 Å². The first kappa shape index (κ1) is 27.7. The van der Waals surface area contributed by atoms with Crippen molar-refractivity contribution in [3.05, 3.63) is 82.3 Å². The molecule has 0 unspecified atom stereocenters. The molecular formula is C28H32F3N7O2. The number of nitrogens with one attached hydrogen (secondary N) is 3. The monoisotopic (exact) mass is 555 g/mol. The Kier molecular flexibility index (Phi) is 7.83. The average Bonchev–Trinajstić information content (AvgIpc) is 3.54. The van der Waals surface area contributed by atoms with Gasteiger partial charge in [0.05, 0.1) is 36.4 Å². The van der Waals surface area contributed by atoms with E-state index in [0.717, 1.165) is 47.7 Å². The van der Waals surface area contributed by atoms with Gasteiger partial charge in [0.15, 0.2) is 0 Å². The second-order valence-corrected chi connectivity index (χ2v) is 9.99. The molecule has 1 amide bonds. The van der Waals surface area contributed by atoms with Gasteiger partial charge in [0.25, 0.3) is 5.91 Å². The Morgan fingerprint density at radius 1 is 1.12 bits per heavy atom. The van der Waals surface area contributed by atoms with E-state index in [2.05, 4.69) is 26.3 Å². The molecule has 0 saturated carbocycles. The van der Waals surface area contributed by atoms with Gasteiger partial charge < -0.3 is 15.5 Å². The van der Waals surface area contributed by atoms with Crippen LogP contribution in [0.3, 0.4) is 0 Å². The quantitative estimate of drug-likeness (QED) is 0.406. The number of benzene rings is 2. The van der Waals surface area contributed by atoms with Crippen molar-refractivity contribution in [2.24, 2.45) is 7.05 Å². The molecule has 5 rings (SSSR count). The summed E-state index contributed by atoms with van der Waals surface area (Å²) in [5, 5.41) is 8.70. The van der Waals surface area contributed by atoms with Crippen LogP contribution >= 0.6 is 0 Å². The van der Waals surface area contributed by atoms with Crippen molar-refractivity contribution in [1.82, 2.24) is 25.6 Å². The SMILES string of the molecule is Cc1ccc(C(=O)Nc2cc(CCN3CCOCC3)cc(C(F)(F)F)c2)cc1N1C=C(c2cnn(C)c2C)NN1. The number of carbonyl (C=O) groups is 1. The summed E-state index contributed by atoms with van der Waals surface area (Å²) in [5.41, 5.74) is 10.7. The highest BCUT2D eigenvalue weighted by molar-refractivity contribution is 6.05. The lowest BCUT2D eigenvalue weighted by molar-refractivity contribution is -0.137. The molecule has 212 valence electrons. The molecule has 40 heavy (non-hydrogen) atoms. The molecule has 12 heteroatoms. The van der Waals surface area contributed by atoms with Crippen LogP contribution in [0.2, 0.25) is 0 Å². The Balaban J connectivity index is 1.35. The minimum Gasteiger partial charge on any atom is -0.379 e. The van der Waals surface area contributed by atoms with Crippen LogP contribution in [0.5, 0.6) is 0 Å². The van der Waals surface area contributed by atoms with Crippen molar-refractivity contribution in [2.45, 2.75) is 26.4 Å². The van der Waals surface area contributed by atoms with E-state index >= 15 is 0 Å². The van der Waals surface area contributed by atoms with E-state index < -0.39 is 17.6 Å². The zero-order chi connectivity index (χ0) is 28.4. The zero-order valence-corrected chi connectivity index (χ0v) is 22.6. The number of ether oxygens (including phenoxy) is 1. The van der Waals surface area contributed by atoms with Crippen molar-refractivity contribution in [1.29, 1.82) is 0 Å². The maximum atomic E-state index is 13.7. The topological polar surface area (TPSA) is 86.7 Å². The van der Waals surface area contributed by atoms with E-state index in [9.17, 15) is 18.0 Å². The molecular weight excluding hydrogens is 523 g/mol. The number of halogens is 3. The van der Waals surface area contributed by atoms with E-state index in [1.807, 2.05) is 27.1 Å². The highest BCUT2D eigenvalue weighted by Crippen LogP contribution is 2.33. The van der Waals surface area contributed by atoms with Crippen LogP contribution in [0.25, 0.3) is 5.70 Å². The van der Waals surface area contributed by atoms with E-state index in [1.54, 1.807) is 40.2 Å². The number of carbonyl (C=O) groups excluding carboxylic acids is 1. The van der Waals surface area contributed by atoms with Gasteiger partial charge >= 0.3 is 6.18 Å². The molecule has 3 heterocycles. The van der Waals surface area contributed by atoms with Crippen LogP contribution in [-0.4, -0.2) is 53.4 Å². The van der Waals surface area contributed by atoms with Gasteiger partial charge in [-0.1, -0.05) is 6.07 Å². The number of rotatable bonds is 7. The number of aryl methyl sites for hydroxylation is 2. The fraction of sp³-hybridized carbons (Fsp3) is 0.357. The predicted octanol–water partition coefficient (Wildman–Crippen LogP) is 4.01. The molecule has 0 aliphatic carbocycles. The van der Waals surface area contributed by atoms with Gasteiger partial charge in [0, 0.05) is 55.4 Å². The molecule has 3 N–H and O–H groups in total. The molecule has 9 nitrogen and oxygen atoms in total. The van der Waals surface area contributed by atoms with Crippen LogP contribution < -0.4 is 21.3 Å². The summed E-state index contributed by atoms with van der Waals surface area (Å²) in [6.45, 7) is 7.22. The number of aromatic nitrogens is 2. The summed E-state index contributed by atoms with van der Waals surface area (Å²) in [6, 6.07) is 8.89. The second-order valence-electron chi connectivity index (χ2n) is 9.99. The molecule has 1 saturated heterocycles. The molecule has 3 aromatic rings. The van der Waals surface area contributed by atoms with Gasteiger partial charge in [-0.2, -0.15) is 18.3 Å². The van der Waals surface area contributed by atoms with Crippen molar-refractivity contribution in [3.8, 4) is 0 Å². The maximum absolute atomic E-state index is 13.7. The lowest BCUT2D eigenvalue weighted by Gasteiger charge is -2.26. The predicted molar refractivity (Wildman–Crippen MR) is 146 cm³/mol. The third kappa shape index (κ3) is 6.14. The first-order valence-corrected chi connectivity index (χ1v) is 13.0. The van der Waals surface area contributed by atoms with Crippen LogP contribution in [-0.2, 0) is 24.4 Å². The molecule has 1 fully saturated rings. The van der Waals surface area contributed by atoms with Crippen LogP contribution in [0.15, 0.2) is 48.8 Å². The fourth-order valence-corrected chi connectivity index (χ4v) is 4.74. The number of nitrogens with zero attached hydrogens (tertiary/aromatic N) is 4. The third-order valence-corrected chi connectivity index (χ3v) is 7.22. The zero-order valence-electron chi connectivity index (χ0n) is 22.6. The fourth-order valence-electron chi connectivity index (χ4n) is 4.74. The summed E-state index contributed by atoms with van der Waals surface area (Å²) in [6.07, 6.45) is -0.474. The van der Waals surface area contributed by atoms with Crippen molar-refractivity contribution >= 4 is 23.0 Å². The minimum absolute atomic E-state index is 0.106. The number of hydrogen-bond acceptors (Lipinski definition) is 7. The molecule has 2 aliphatic rings. The number of morpholine rings is 1. The Hall–Kier alpha value is -3.87. The summed E-state index contributed by atoms with van der Waals surface area (Å²) in [7, 11) is 1.86. The second kappa shape index (κ2) is 11.3. The largest absolute Gasteiger partial charge is 0.416 e. The number of hydrazine groups is 2. The number of alkyl halides is 3. The Labute approximate surface area is 230 Å². The summed E-state index contributed by atoms with van der Waals surface area (Å²) in [5.74, 6) is -0.501. The smallest absolute Gasteiger partial charge is 0.379 e. The van der Waals surface area contributed by atoms with E-state index in [0.29, 0.717) is 43.0 Å². The maximum Gasteiger partial charge on any atom is 0.416 e. The number of anilines is 2. The van der Waals surface area contributed by atoms with Crippen LogP contribution in [0.4, 0.5) is 24.5 Å². The third-order valence-electron chi connectivity index (χ3n) is 7.22.